The molecule has 1 aromatic heterocycles. The van der Waals surface area contributed by atoms with Gasteiger partial charge in [-0.05, 0) is 17.2 Å². The number of hydrogen-bond donors (Lipinski definition) is 2. The highest BCUT2D eigenvalue weighted by Gasteiger charge is 2.41. The highest BCUT2D eigenvalue weighted by atomic mass is 16.5. The number of hydrogen-bond acceptors (Lipinski definition) is 5. The Morgan fingerprint density at radius 1 is 1.16 bits per heavy atom. The normalized spacial score (nSPS) is 21.5. The molecule has 2 N–H and O–H groups in total. The summed E-state index contributed by atoms with van der Waals surface area (Å²) in [4.78, 5) is 13.7. The molecule has 3 heterocycles. The molecular weight excluding hydrogens is 402 g/mol. The number of ether oxygens (including phenoxy) is 1. The molecule has 8 nitrogen and oxygen atoms in total. The highest BCUT2D eigenvalue weighted by molar-refractivity contribution is 5.80. The van der Waals surface area contributed by atoms with Crippen molar-refractivity contribution in [2.45, 2.75) is 25.2 Å². The van der Waals surface area contributed by atoms with Crippen LogP contribution in [0.1, 0.15) is 11.1 Å². The Bertz CT molecular complexity index is 1040. The predicted octanol–water partition coefficient (Wildman–Crippen LogP) is 2.13. The maximum Gasteiger partial charge on any atom is 0.194 e. The quantitative estimate of drug-likeness (QED) is 0.476. The number of aromatic nitrogens is 3. The summed E-state index contributed by atoms with van der Waals surface area (Å²) in [5.74, 6) is 1.68. The molecule has 2 saturated heterocycles. The summed E-state index contributed by atoms with van der Waals surface area (Å²) < 4.78 is 6.13. The fraction of sp³-hybridized carbons (Fsp3) is 0.375. The van der Waals surface area contributed by atoms with E-state index in [9.17, 15) is 0 Å². The van der Waals surface area contributed by atoms with Crippen molar-refractivity contribution in [2.75, 3.05) is 33.3 Å². The second kappa shape index (κ2) is 9.50. The minimum atomic E-state index is 0.209. The van der Waals surface area contributed by atoms with Crippen LogP contribution in [0.15, 0.2) is 65.9 Å². The van der Waals surface area contributed by atoms with Gasteiger partial charge in [0, 0.05) is 45.3 Å². The molecule has 0 radical (unpaired) electrons. The first-order chi connectivity index (χ1) is 15.8. The van der Waals surface area contributed by atoms with Gasteiger partial charge in [-0.2, -0.15) is 5.10 Å². The summed E-state index contributed by atoms with van der Waals surface area (Å²) >= 11 is 0. The minimum Gasteiger partial charge on any atom is -0.373 e. The lowest BCUT2D eigenvalue weighted by atomic mass is 10.1. The summed E-state index contributed by atoms with van der Waals surface area (Å²) in [6.07, 6.45) is 1.73. The Morgan fingerprint density at radius 3 is 2.84 bits per heavy atom. The van der Waals surface area contributed by atoms with E-state index in [0.717, 1.165) is 50.1 Å². The number of morpholine rings is 1. The second-order valence-electron chi connectivity index (χ2n) is 8.27. The molecule has 0 spiro atoms. The number of benzene rings is 2. The smallest absolute Gasteiger partial charge is 0.194 e. The SMILES string of the molecule is CN=C(NCc1cccc(-c2ncn[nH]2)c1)N1CC2OCCN(Cc3ccccc3)C2C1. The van der Waals surface area contributed by atoms with Gasteiger partial charge in [0.05, 0.1) is 18.8 Å². The zero-order chi connectivity index (χ0) is 21.8. The van der Waals surface area contributed by atoms with E-state index in [4.69, 9.17) is 4.74 Å². The first-order valence-corrected chi connectivity index (χ1v) is 11.1. The first kappa shape index (κ1) is 20.7. The largest absolute Gasteiger partial charge is 0.373 e. The summed E-state index contributed by atoms with van der Waals surface area (Å²) in [5.41, 5.74) is 3.54. The maximum atomic E-state index is 6.13. The molecule has 2 aliphatic heterocycles. The average molecular weight is 432 g/mol. The third-order valence-corrected chi connectivity index (χ3v) is 6.22. The van der Waals surface area contributed by atoms with E-state index in [1.807, 2.05) is 19.2 Å². The number of nitrogens with zero attached hydrogens (tertiary/aromatic N) is 5. The zero-order valence-electron chi connectivity index (χ0n) is 18.3. The molecule has 2 atom stereocenters. The average Bonchev–Trinajstić information content (AvgIpc) is 3.51. The molecule has 2 aliphatic rings. The lowest BCUT2D eigenvalue weighted by molar-refractivity contribution is -0.0502. The predicted molar refractivity (Wildman–Crippen MR) is 124 cm³/mol. The summed E-state index contributed by atoms with van der Waals surface area (Å²) in [7, 11) is 1.85. The van der Waals surface area contributed by atoms with E-state index in [2.05, 4.69) is 77.8 Å². The summed E-state index contributed by atoms with van der Waals surface area (Å²) in [5, 5.41) is 10.4. The zero-order valence-corrected chi connectivity index (χ0v) is 18.3. The van der Waals surface area contributed by atoms with Crippen LogP contribution in [0.2, 0.25) is 0 Å². The van der Waals surface area contributed by atoms with Gasteiger partial charge in [0.25, 0.3) is 0 Å². The van der Waals surface area contributed by atoms with Crippen molar-refractivity contribution in [2.24, 2.45) is 4.99 Å². The molecule has 2 unspecified atom stereocenters. The van der Waals surface area contributed by atoms with Crippen LogP contribution in [-0.4, -0.2) is 76.4 Å². The fourth-order valence-corrected chi connectivity index (χ4v) is 4.63. The number of H-pyrrole nitrogens is 1. The summed E-state index contributed by atoms with van der Waals surface area (Å²) in [6, 6.07) is 19.4. The van der Waals surface area contributed by atoms with Gasteiger partial charge in [0.15, 0.2) is 11.8 Å². The van der Waals surface area contributed by atoms with Gasteiger partial charge < -0.3 is 15.0 Å². The first-order valence-electron chi connectivity index (χ1n) is 11.1. The lowest BCUT2D eigenvalue weighted by Crippen LogP contribution is -2.50. The molecule has 2 fully saturated rings. The number of nitrogens with one attached hydrogen (secondary N) is 2. The van der Waals surface area contributed by atoms with Crippen LogP contribution in [0.25, 0.3) is 11.4 Å². The van der Waals surface area contributed by atoms with Crippen molar-refractivity contribution < 1.29 is 4.74 Å². The van der Waals surface area contributed by atoms with E-state index in [1.165, 1.54) is 17.5 Å². The minimum absolute atomic E-state index is 0.209. The third kappa shape index (κ3) is 4.51. The van der Waals surface area contributed by atoms with Gasteiger partial charge in [-0.25, -0.2) is 4.98 Å². The van der Waals surface area contributed by atoms with E-state index >= 15 is 0 Å². The Hall–Kier alpha value is -3.23. The molecular formula is C24H29N7O. The van der Waals surface area contributed by atoms with Crippen LogP contribution in [0.5, 0.6) is 0 Å². The molecule has 3 aromatic rings. The number of fused-ring (bicyclic) bond motifs is 1. The van der Waals surface area contributed by atoms with Gasteiger partial charge >= 0.3 is 0 Å². The number of rotatable bonds is 5. The highest BCUT2D eigenvalue weighted by Crippen LogP contribution is 2.25. The topological polar surface area (TPSA) is 81.7 Å². The Balaban J connectivity index is 1.22. The third-order valence-electron chi connectivity index (χ3n) is 6.22. The van der Waals surface area contributed by atoms with Crippen molar-refractivity contribution >= 4 is 5.96 Å². The Labute approximate surface area is 188 Å². The summed E-state index contributed by atoms with van der Waals surface area (Å²) in [6.45, 7) is 5.16. The van der Waals surface area contributed by atoms with Crippen LogP contribution in [0.3, 0.4) is 0 Å². The Kier molecular flexibility index (Phi) is 6.13. The standard InChI is InChI=1S/C24H29N7O/c1-25-24(26-13-19-8-5-9-20(12-19)23-27-17-28-29-23)31-15-21-22(16-31)32-11-10-30(21)14-18-6-3-2-4-7-18/h2-9,12,17,21-22H,10-11,13-16H2,1H3,(H,25,26)(H,27,28,29). The van der Waals surface area contributed by atoms with E-state index in [0.29, 0.717) is 12.6 Å². The molecule has 8 heteroatoms. The molecule has 0 saturated carbocycles. The number of aliphatic imine (C=N–C) groups is 1. The lowest BCUT2D eigenvalue weighted by Gasteiger charge is -2.36. The molecule has 166 valence electrons. The van der Waals surface area contributed by atoms with Crippen LogP contribution in [0.4, 0.5) is 0 Å². The van der Waals surface area contributed by atoms with Crippen LogP contribution >= 0.6 is 0 Å². The van der Waals surface area contributed by atoms with E-state index in [-0.39, 0.29) is 6.10 Å². The molecule has 0 aliphatic carbocycles. The van der Waals surface area contributed by atoms with Crippen molar-refractivity contribution in [3.8, 4) is 11.4 Å². The van der Waals surface area contributed by atoms with Crippen molar-refractivity contribution in [3.05, 3.63) is 72.1 Å². The molecule has 0 bridgehead atoms. The number of likely N-dealkylation sites (tertiary alicyclic amines) is 1. The monoisotopic (exact) mass is 431 g/mol. The molecule has 2 aromatic carbocycles. The van der Waals surface area contributed by atoms with Crippen LogP contribution in [-0.2, 0) is 17.8 Å². The maximum absolute atomic E-state index is 6.13. The van der Waals surface area contributed by atoms with Crippen LogP contribution < -0.4 is 5.32 Å². The fourth-order valence-electron chi connectivity index (χ4n) is 4.63. The Morgan fingerprint density at radius 2 is 2.03 bits per heavy atom. The second-order valence-corrected chi connectivity index (χ2v) is 8.27. The number of guanidine groups is 1. The van der Waals surface area contributed by atoms with E-state index < -0.39 is 0 Å². The van der Waals surface area contributed by atoms with Gasteiger partial charge in [-0.3, -0.25) is 15.0 Å². The van der Waals surface area contributed by atoms with Crippen molar-refractivity contribution in [3.63, 3.8) is 0 Å². The van der Waals surface area contributed by atoms with Crippen LogP contribution in [0, 0.1) is 0 Å². The van der Waals surface area contributed by atoms with Gasteiger partial charge in [0.2, 0.25) is 0 Å². The van der Waals surface area contributed by atoms with E-state index in [1.54, 1.807) is 0 Å². The molecule has 5 rings (SSSR count). The molecule has 0 amide bonds. The van der Waals surface area contributed by atoms with Crippen molar-refractivity contribution in [1.82, 2.24) is 30.3 Å². The van der Waals surface area contributed by atoms with Crippen molar-refractivity contribution in [1.29, 1.82) is 0 Å². The van der Waals surface area contributed by atoms with Gasteiger partial charge in [0.1, 0.15) is 6.33 Å². The molecule has 32 heavy (non-hydrogen) atoms. The number of aromatic amines is 1. The van der Waals surface area contributed by atoms with Gasteiger partial charge in [-0.1, -0.05) is 48.5 Å². The van der Waals surface area contributed by atoms with Gasteiger partial charge in [-0.15, -0.1) is 0 Å².